The number of rotatable bonds is 8. The lowest BCUT2D eigenvalue weighted by Crippen LogP contribution is -2.70. The molecule has 3 atom stereocenters. The highest BCUT2D eigenvalue weighted by molar-refractivity contribution is 6.74. The first-order valence-electron chi connectivity index (χ1n) is 11.6. The van der Waals surface area contributed by atoms with Crippen LogP contribution in [0.4, 0.5) is 8.78 Å². The molecule has 2 aromatic rings. The molecule has 2 rings (SSSR count). The smallest absolute Gasteiger partial charge is 0.379 e. The Balaban J connectivity index is 2.66. The van der Waals surface area contributed by atoms with Crippen molar-refractivity contribution in [2.75, 3.05) is 0 Å². The molecule has 0 amide bonds. The van der Waals surface area contributed by atoms with E-state index >= 15 is 8.78 Å². The molecule has 0 radical (unpaired) electrons. The van der Waals surface area contributed by atoms with Gasteiger partial charge >= 0.3 is 11.8 Å². The van der Waals surface area contributed by atoms with Gasteiger partial charge in [-0.2, -0.15) is 8.78 Å². The van der Waals surface area contributed by atoms with E-state index in [4.69, 9.17) is 20.5 Å². The van der Waals surface area contributed by atoms with Crippen LogP contribution in [0, 0.1) is 0 Å². The van der Waals surface area contributed by atoms with Crippen LogP contribution in [0.1, 0.15) is 46.3 Å². The van der Waals surface area contributed by atoms with Crippen LogP contribution < -0.4 is 0 Å². The van der Waals surface area contributed by atoms with Crippen LogP contribution in [-0.2, 0) is 8.85 Å². The van der Waals surface area contributed by atoms with Crippen LogP contribution in [0.25, 0.3) is 11.2 Å². The third-order valence-electron chi connectivity index (χ3n) is 7.34. The number of aliphatic hydroxyl groups is 3. The van der Waals surface area contributed by atoms with Crippen molar-refractivity contribution in [1.29, 1.82) is 0 Å². The predicted octanol–water partition coefficient (Wildman–Crippen LogP) is 4.17. The normalized spacial score (nSPS) is 17.5. The molecule has 0 bridgehead atoms. The molecule has 0 aliphatic rings. The Kier molecular flexibility index (Phi) is 8.57. The molecule has 0 saturated heterocycles. The number of fused-ring (bicyclic) bond motifs is 1. The molecule has 0 saturated carbocycles. The van der Waals surface area contributed by atoms with Gasteiger partial charge in [-0.3, -0.25) is 4.79 Å². The fraction of sp³-hybridized carbons (Fsp3) is 0.727. The van der Waals surface area contributed by atoms with Crippen molar-refractivity contribution in [2.45, 2.75) is 102 Å². The van der Waals surface area contributed by atoms with Crippen LogP contribution in [-0.4, -0.2) is 81.5 Å². The van der Waals surface area contributed by atoms with Gasteiger partial charge in [-0.1, -0.05) is 53.1 Å². The summed E-state index contributed by atoms with van der Waals surface area (Å²) in [5, 5.41) is 31.9. The Morgan fingerprint density at radius 2 is 1.51 bits per heavy atom. The molecule has 3 N–H and O–H groups in total. The summed E-state index contributed by atoms with van der Waals surface area (Å²) in [6.45, 7) is 17.2. The summed E-state index contributed by atoms with van der Waals surface area (Å²) in [5.41, 5.74) is -0.462. The summed E-state index contributed by atoms with van der Waals surface area (Å²) in [7, 11) is -6.15. The van der Waals surface area contributed by atoms with E-state index in [0.29, 0.717) is 4.57 Å². The van der Waals surface area contributed by atoms with Gasteiger partial charge in [0.1, 0.15) is 18.2 Å². The number of hydrogen-bond acceptors (Lipinski definition) is 9. The number of halogens is 3. The molecule has 2 heterocycles. The molecular formula is C22H37ClF2N4O6Si2. The third-order valence-corrected chi connectivity index (χ3v) is 16.5. The van der Waals surface area contributed by atoms with Crippen molar-refractivity contribution in [3.05, 3.63) is 17.8 Å². The highest BCUT2D eigenvalue weighted by Crippen LogP contribution is 2.46. The fourth-order valence-electron chi connectivity index (χ4n) is 2.85. The Hall–Kier alpha value is -1.40. The van der Waals surface area contributed by atoms with Crippen LogP contribution in [0.15, 0.2) is 12.7 Å². The Bertz CT molecular complexity index is 1150. The molecule has 37 heavy (non-hydrogen) atoms. The van der Waals surface area contributed by atoms with Crippen LogP contribution >= 0.6 is 11.6 Å². The van der Waals surface area contributed by atoms with E-state index in [-0.39, 0.29) is 16.3 Å². The van der Waals surface area contributed by atoms with E-state index in [1.807, 2.05) is 20.8 Å². The molecule has 15 heteroatoms. The number of aromatic nitrogens is 4. The minimum absolute atomic E-state index is 0.121. The van der Waals surface area contributed by atoms with Gasteiger partial charge in [0, 0.05) is 0 Å². The van der Waals surface area contributed by atoms with Gasteiger partial charge in [0.15, 0.2) is 39.8 Å². The second kappa shape index (κ2) is 9.97. The van der Waals surface area contributed by atoms with E-state index in [9.17, 15) is 20.1 Å². The van der Waals surface area contributed by atoms with Crippen LogP contribution in [0.3, 0.4) is 0 Å². The quantitative estimate of drug-likeness (QED) is 0.238. The van der Waals surface area contributed by atoms with E-state index in [1.54, 1.807) is 47.0 Å². The molecule has 0 aliphatic heterocycles. The first kappa shape index (κ1) is 31.8. The average Bonchev–Trinajstić information content (AvgIpc) is 3.15. The zero-order valence-electron chi connectivity index (χ0n) is 22.8. The minimum atomic E-state index is -4.81. The standard InChI is InChI=1S/C22H37ClF2N4O6Si2/c1-19(2,3)36(7,8)34-17(31)14(30)22(33,35-37(9,10)20(4,5)6)21(24,25)18(32)29-12-28-13-15(23)26-11-27-16(13)29/h11-12,14,17,30-31,33H,1-10H3/t14-,17?,22+/m1/s1. The topological polar surface area (TPSA) is 140 Å². The molecule has 0 aliphatic carbocycles. The van der Waals surface area contributed by atoms with Gasteiger partial charge < -0.3 is 24.2 Å². The Morgan fingerprint density at radius 1 is 1.00 bits per heavy atom. The maximum absolute atomic E-state index is 16.1. The summed E-state index contributed by atoms with van der Waals surface area (Å²) in [4.78, 5) is 24.5. The summed E-state index contributed by atoms with van der Waals surface area (Å²) in [6.07, 6.45) is -3.32. The van der Waals surface area contributed by atoms with Crippen molar-refractivity contribution >= 4 is 45.3 Å². The molecule has 1 unspecified atom stereocenters. The monoisotopic (exact) mass is 582 g/mol. The average molecular weight is 583 g/mol. The first-order valence-corrected chi connectivity index (χ1v) is 17.8. The molecule has 2 aromatic heterocycles. The minimum Gasteiger partial charge on any atom is -0.390 e. The number of nitrogens with zero attached hydrogens (tertiary/aromatic N) is 4. The second-order valence-electron chi connectivity index (χ2n) is 12.1. The summed E-state index contributed by atoms with van der Waals surface area (Å²) < 4.78 is 43.9. The second-order valence-corrected chi connectivity index (χ2v) is 21.9. The summed E-state index contributed by atoms with van der Waals surface area (Å²) >= 11 is 5.93. The molecular weight excluding hydrogens is 546 g/mol. The van der Waals surface area contributed by atoms with Crippen molar-refractivity contribution < 1.29 is 37.7 Å². The molecule has 10 nitrogen and oxygen atoms in total. The van der Waals surface area contributed by atoms with Gasteiger partial charge in [-0.05, 0) is 36.3 Å². The summed E-state index contributed by atoms with van der Waals surface area (Å²) in [6, 6.07) is 0. The van der Waals surface area contributed by atoms with Gasteiger partial charge in [0.25, 0.3) is 5.79 Å². The third kappa shape index (κ3) is 5.80. The van der Waals surface area contributed by atoms with Gasteiger partial charge in [-0.15, -0.1) is 0 Å². The lowest BCUT2D eigenvalue weighted by Gasteiger charge is -2.48. The van der Waals surface area contributed by atoms with Gasteiger partial charge in [-0.25, -0.2) is 19.5 Å². The zero-order chi connectivity index (χ0) is 29.0. The number of hydrogen-bond donors (Lipinski definition) is 3. The van der Waals surface area contributed by atoms with Crippen molar-refractivity contribution in [3.63, 3.8) is 0 Å². The van der Waals surface area contributed by atoms with E-state index in [0.717, 1.165) is 12.7 Å². The van der Waals surface area contributed by atoms with Crippen molar-refractivity contribution in [1.82, 2.24) is 19.5 Å². The van der Waals surface area contributed by atoms with Crippen molar-refractivity contribution in [3.8, 4) is 0 Å². The van der Waals surface area contributed by atoms with Gasteiger partial charge in [0.05, 0.1) is 0 Å². The highest BCUT2D eigenvalue weighted by atomic mass is 35.5. The molecule has 210 valence electrons. The number of aliphatic hydroxyl groups excluding tert-OH is 2. The Morgan fingerprint density at radius 3 is 2.00 bits per heavy atom. The maximum Gasteiger partial charge on any atom is 0.379 e. The molecule has 0 spiro atoms. The number of carbonyl (C=O) groups is 1. The maximum atomic E-state index is 16.1. The lowest BCUT2D eigenvalue weighted by atomic mass is 10.0. The summed E-state index contributed by atoms with van der Waals surface area (Å²) in [5.74, 6) is -10.7. The largest absolute Gasteiger partial charge is 0.390 e. The van der Waals surface area contributed by atoms with E-state index in [1.165, 1.54) is 0 Å². The van der Waals surface area contributed by atoms with Crippen LogP contribution in [0.5, 0.6) is 0 Å². The van der Waals surface area contributed by atoms with Crippen molar-refractivity contribution in [2.24, 2.45) is 0 Å². The SMILES string of the molecule is CC(C)(C)[Si](C)(C)OC(O)[C@@H](O)[C@](O)(O[Si](C)(C)C(C)(C)C)C(F)(F)C(=O)n1cnc2c(Cl)ncnc21. The van der Waals surface area contributed by atoms with E-state index in [2.05, 4.69) is 15.0 Å². The van der Waals surface area contributed by atoms with E-state index < -0.39 is 56.7 Å². The highest BCUT2D eigenvalue weighted by Gasteiger charge is 2.68. The lowest BCUT2D eigenvalue weighted by molar-refractivity contribution is -0.333. The number of imidazole rings is 1. The number of alkyl halides is 2. The van der Waals surface area contributed by atoms with Gasteiger partial charge in [0.2, 0.25) is 0 Å². The first-order chi connectivity index (χ1) is 16.4. The number of carbonyl (C=O) groups excluding carboxylic acids is 1. The van der Waals surface area contributed by atoms with Crippen LogP contribution in [0.2, 0.25) is 41.4 Å². The molecule has 0 aromatic carbocycles. The zero-order valence-corrected chi connectivity index (χ0v) is 25.6. The molecule has 0 fully saturated rings. The predicted molar refractivity (Wildman–Crippen MR) is 139 cm³/mol. The Labute approximate surface area is 222 Å². The fourth-order valence-corrected chi connectivity index (χ4v) is 5.44.